The van der Waals surface area contributed by atoms with E-state index in [1.807, 2.05) is 25.1 Å². The zero-order valence-electron chi connectivity index (χ0n) is 7.35. The maximum absolute atomic E-state index is 11.0. The van der Waals surface area contributed by atoms with Gasteiger partial charge in [-0.05, 0) is 19.1 Å². The molecule has 0 fully saturated rings. The Bertz CT molecular complexity index is 396. The van der Waals surface area contributed by atoms with E-state index in [0.717, 1.165) is 16.8 Å². The van der Waals surface area contributed by atoms with Crippen molar-refractivity contribution in [1.82, 2.24) is 5.32 Å². The maximum Gasteiger partial charge on any atom is 0.323 e. The van der Waals surface area contributed by atoms with Crippen LogP contribution in [0.3, 0.4) is 0 Å². The molecule has 1 aliphatic rings. The summed E-state index contributed by atoms with van der Waals surface area (Å²) < 4.78 is 0. The molecule has 0 atom stereocenters. The number of carbonyl (C=O) groups is 1. The minimum atomic E-state index is -0.221. The molecule has 1 aromatic carbocycles. The number of amides is 2. The predicted molar refractivity (Wildman–Crippen MR) is 52.4 cm³/mol. The van der Waals surface area contributed by atoms with E-state index in [0.29, 0.717) is 5.70 Å². The fraction of sp³-hybridized carbons (Fsp3) is 0.100. The molecule has 0 bridgehead atoms. The molecule has 3 nitrogen and oxygen atoms in total. The Labute approximate surface area is 76.5 Å². The summed E-state index contributed by atoms with van der Waals surface area (Å²) in [6.45, 7) is 5.78. The van der Waals surface area contributed by atoms with E-state index in [4.69, 9.17) is 0 Å². The van der Waals surface area contributed by atoms with Crippen LogP contribution >= 0.6 is 0 Å². The van der Waals surface area contributed by atoms with Crippen LogP contribution in [0.1, 0.15) is 11.1 Å². The Morgan fingerprint density at radius 1 is 1.31 bits per heavy atom. The molecule has 13 heavy (non-hydrogen) atoms. The van der Waals surface area contributed by atoms with Gasteiger partial charge in [0, 0.05) is 11.3 Å². The number of fused-ring (bicyclic) bond motifs is 1. The van der Waals surface area contributed by atoms with Crippen molar-refractivity contribution in [2.75, 3.05) is 5.32 Å². The SMILES string of the molecule is C=C1NC(=O)Nc2ccc(C)cc21. The predicted octanol–water partition coefficient (Wildman–Crippen LogP) is 2.10. The van der Waals surface area contributed by atoms with Gasteiger partial charge in [-0.3, -0.25) is 0 Å². The third kappa shape index (κ3) is 1.28. The van der Waals surface area contributed by atoms with Crippen LogP contribution in [0.2, 0.25) is 0 Å². The smallest absolute Gasteiger partial charge is 0.308 e. The van der Waals surface area contributed by atoms with Crippen molar-refractivity contribution < 1.29 is 4.79 Å². The summed E-state index contributed by atoms with van der Waals surface area (Å²) in [5.41, 5.74) is 3.58. The van der Waals surface area contributed by atoms with Crippen molar-refractivity contribution in [2.45, 2.75) is 6.92 Å². The van der Waals surface area contributed by atoms with Gasteiger partial charge in [0.1, 0.15) is 0 Å². The van der Waals surface area contributed by atoms with E-state index in [1.165, 1.54) is 0 Å². The highest BCUT2D eigenvalue weighted by Crippen LogP contribution is 2.25. The summed E-state index contributed by atoms with van der Waals surface area (Å²) in [4.78, 5) is 11.0. The van der Waals surface area contributed by atoms with E-state index < -0.39 is 0 Å². The van der Waals surface area contributed by atoms with Crippen LogP contribution in [0.15, 0.2) is 24.8 Å². The van der Waals surface area contributed by atoms with Gasteiger partial charge in [0.25, 0.3) is 0 Å². The van der Waals surface area contributed by atoms with Gasteiger partial charge < -0.3 is 10.6 Å². The van der Waals surface area contributed by atoms with Crippen LogP contribution in [0.4, 0.5) is 10.5 Å². The molecule has 0 saturated carbocycles. The maximum atomic E-state index is 11.0. The molecule has 3 heteroatoms. The molecular formula is C10H10N2O. The van der Waals surface area contributed by atoms with Gasteiger partial charge in [-0.15, -0.1) is 0 Å². The van der Waals surface area contributed by atoms with E-state index in [1.54, 1.807) is 0 Å². The van der Waals surface area contributed by atoms with Gasteiger partial charge in [-0.25, -0.2) is 4.79 Å². The molecule has 1 aromatic rings. The molecule has 0 radical (unpaired) electrons. The van der Waals surface area contributed by atoms with E-state index in [9.17, 15) is 4.79 Å². The first-order valence-corrected chi connectivity index (χ1v) is 4.05. The Morgan fingerprint density at radius 3 is 2.85 bits per heavy atom. The summed E-state index contributed by atoms with van der Waals surface area (Å²) in [5, 5.41) is 5.32. The second kappa shape index (κ2) is 2.62. The molecule has 2 rings (SSSR count). The Hall–Kier alpha value is -1.77. The molecule has 2 N–H and O–H groups in total. The monoisotopic (exact) mass is 174 g/mol. The molecule has 0 aliphatic carbocycles. The Balaban J connectivity index is 2.55. The lowest BCUT2D eigenvalue weighted by Gasteiger charge is -2.20. The molecule has 2 amide bonds. The molecular weight excluding hydrogens is 164 g/mol. The summed E-state index contributed by atoms with van der Waals surface area (Å²) >= 11 is 0. The largest absolute Gasteiger partial charge is 0.323 e. The van der Waals surface area contributed by atoms with Crippen LogP contribution in [-0.4, -0.2) is 6.03 Å². The minimum absolute atomic E-state index is 0.221. The fourth-order valence-corrected chi connectivity index (χ4v) is 1.37. The molecule has 1 heterocycles. The number of nitrogens with one attached hydrogen (secondary N) is 2. The number of aryl methyl sites for hydroxylation is 1. The number of benzene rings is 1. The van der Waals surface area contributed by atoms with Crippen molar-refractivity contribution in [3.8, 4) is 0 Å². The minimum Gasteiger partial charge on any atom is -0.308 e. The first kappa shape index (κ1) is 7.86. The van der Waals surface area contributed by atoms with Gasteiger partial charge in [-0.2, -0.15) is 0 Å². The number of hydrogen-bond acceptors (Lipinski definition) is 1. The average molecular weight is 174 g/mol. The lowest BCUT2D eigenvalue weighted by Crippen LogP contribution is -2.31. The topological polar surface area (TPSA) is 41.1 Å². The summed E-state index contributed by atoms with van der Waals surface area (Å²) in [6.07, 6.45) is 0. The van der Waals surface area contributed by atoms with Crippen molar-refractivity contribution in [3.05, 3.63) is 35.9 Å². The standard InChI is InChI=1S/C10H10N2O/c1-6-3-4-9-8(5-6)7(2)11-10(13)12-9/h3-5H,2H2,1H3,(H2,11,12,13). The highest BCUT2D eigenvalue weighted by Gasteiger charge is 2.16. The van der Waals surface area contributed by atoms with E-state index >= 15 is 0 Å². The first-order valence-electron chi connectivity index (χ1n) is 4.05. The number of hydrogen-bond donors (Lipinski definition) is 2. The fourth-order valence-electron chi connectivity index (χ4n) is 1.37. The molecule has 0 saturated heterocycles. The van der Waals surface area contributed by atoms with Gasteiger partial charge in [0.15, 0.2) is 0 Å². The summed E-state index contributed by atoms with van der Waals surface area (Å²) in [7, 11) is 0. The number of urea groups is 1. The Morgan fingerprint density at radius 2 is 2.08 bits per heavy atom. The normalized spacial score (nSPS) is 14.5. The Kier molecular flexibility index (Phi) is 1.59. The molecule has 1 aliphatic heterocycles. The van der Waals surface area contributed by atoms with Gasteiger partial charge in [0.2, 0.25) is 0 Å². The van der Waals surface area contributed by atoms with Crippen LogP contribution in [0.5, 0.6) is 0 Å². The highest BCUT2D eigenvalue weighted by atomic mass is 16.2. The van der Waals surface area contributed by atoms with E-state index in [2.05, 4.69) is 17.2 Å². The number of rotatable bonds is 0. The van der Waals surface area contributed by atoms with Gasteiger partial charge >= 0.3 is 6.03 Å². The molecule has 0 unspecified atom stereocenters. The van der Waals surface area contributed by atoms with Crippen molar-refractivity contribution in [3.63, 3.8) is 0 Å². The number of anilines is 1. The lowest BCUT2D eigenvalue weighted by molar-refractivity contribution is 0.255. The highest BCUT2D eigenvalue weighted by molar-refractivity contribution is 6.02. The molecule has 0 spiro atoms. The van der Waals surface area contributed by atoms with Gasteiger partial charge in [0.05, 0.1) is 5.69 Å². The average Bonchev–Trinajstić information content (AvgIpc) is 2.06. The first-order chi connectivity index (χ1) is 6.16. The van der Waals surface area contributed by atoms with Gasteiger partial charge in [-0.1, -0.05) is 18.2 Å². The number of carbonyl (C=O) groups excluding carboxylic acids is 1. The zero-order valence-corrected chi connectivity index (χ0v) is 7.35. The van der Waals surface area contributed by atoms with Crippen molar-refractivity contribution in [2.24, 2.45) is 0 Å². The van der Waals surface area contributed by atoms with Crippen LogP contribution < -0.4 is 10.6 Å². The van der Waals surface area contributed by atoms with Crippen molar-refractivity contribution >= 4 is 17.4 Å². The second-order valence-electron chi connectivity index (χ2n) is 3.11. The quantitative estimate of drug-likeness (QED) is 0.621. The van der Waals surface area contributed by atoms with Crippen LogP contribution in [0, 0.1) is 6.92 Å². The third-order valence-electron chi connectivity index (χ3n) is 2.01. The zero-order chi connectivity index (χ0) is 9.42. The van der Waals surface area contributed by atoms with Crippen molar-refractivity contribution in [1.29, 1.82) is 0 Å². The van der Waals surface area contributed by atoms with E-state index in [-0.39, 0.29) is 6.03 Å². The van der Waals surface area contributed by atoms with Crippen LogP contribution in [-0.2, 0) is 0 Å². The third-order valence-corrected chi connectivity index (χ3v) is 2.01. The molecule has 0 aromatic heterocycles. The summed E-state index contributed by atoms with van der Waals surface area (Å²) in [5.74, 6) is 0. The second-order valence-corrected chi connectivity index (χ2v) is 3.11. The summed E-state index contributed by atoms with van der Waals surface area (Å²) in [6, 6.07) is 5.61. The molecule has 66 valence electrons. The lowest BCUT2D eigenvalue weighted by atomic mass is 10.1. The van der Waals surface area contributed by atoms with Crippen LogP contribution in [0.25, 0.3) is 5.70 Å².